The van der Waals surface area contributed by atoms with Crippen LogP contribution in [-0.2, 0) is 4.79 Å². The third kappa shape index (κ3) is 4.25. The molecule has 0 bridgehead atoms. The number of hydrogen-bond acceptors (Lipinski definition) is 5. The second kappa shape index (κ2) is 8.47. The van der Waals surface area contributed by atoms with E-state index in [1.54, 1.807) is 24.3 Å². The van der Waals surface area contributed by atoms with Gasteiger partial charge in [0.25, 0.3) is 11.8 Å². The van der Waals surface area contributed by atoms with Gasteiger partial charge in [-0.1, -0.05) is 30.7 Å². The molecule has 2 aromatic carbocycles. The summed E-state index contributed by atoms with van der Waals surface area (Å²) >= 11 is 0. The number of aromatic carboxylic acids is 1. The summed E-state index contributed by atoms with van der Waals surface area (Å²) in [5, 5.41) is 13.4. The zero-order valence-electron chi connectivity index (χ0n) is 15.1. The molecule has 3 rings (SSSR count). The van der Waals surface area contributed by atoms with Crippen LogP contribution in [-0.4, -0.2) is 35.1 Å². The zero-order chi connectivity index (χ0) is 20.1. The number of carbonyl (C=O) groups excluding carboxylic acids is 4. The number of fused-ring (bicyclic) bond motifs is 1. The number of unbranched alkanes of at least 4 members (excludes halogenated alkanes) is 2. The van der Waals surface area contributed by atoms with Crippen molar-refractivity contribution < 1.29 is 24.3 Å². The molecular formula is C21H19N2O5-. The van der Waals surface area contributed by atoms with Crippen molar-refractivity contribution in [3.63, 3.8) is 0 Å². The molecule has 7 heteroatoms. The van der Waals surface area contributed by atoms with E-state index >= 15 is 0 Å². The predicted octanol–water partition coefficient (Wildman–Crippen LogP) is 1.85. The molecule has 0 aromatic heterocycles. The molecule has 7 nitrogen and oxygen atoms in total. The Kier molecular flexibility index (Phi) is 5.84. The first-order valence-corrected chi connectivity index (χ1v) is 9.04. The maximum atomic E-state index is 12.2. The van der Waals surface area contributed by atoms with E-state index in [9.17, 15) is 24.3 Å². The van der Waals surface area contributed by atoms with Crippen LogP contribution in [0.15, 0.2) is 48.5 Å². The lowest BCUT2D eigenvalue weighted by atomic mass is 10.1. The Bertz CT molecular complexity index is 886. The van der Waals surface area contributed by atoms with Crippen molar-refractivity contribution in [2.75, 3.05) is 11.9 Å². The van der Waals surface area contributed by atoms with Crippen molar-refractivity contribution in [3.05, 3.63) is 65.2 Å². The molecule has 28 heavy (non-hydrogen) atoms. The number of carbonyl (C=O) groups is 4. The number of amides is 3. The molecule has 0 saturated heterocycles. The van der Waals surface area contributed by atoms with E-state index in [1.807, 2.05) is 0 Å². The summed E-state index contributed by atoms with van der Waals surface area (Å²) < 4.78 is 0. The van der Waals surface area contributed by atoms with E-state index in [0.717, 1.165) is 0 Å². The number of carboxylic acid groups (broad SMARTS) is 1. The molecule has 1 N–H and O–H groups in total. The minimum absolute atomic E-state index is 0.0474. The predicted molar refractivity (Wildman–Crippen MR) is 99.7 cm³/mol. The third-order valence-electron chi connectivity index (χ3n) is 4.57. The first-order chi connectivity index (χ1) is 13.5. The first-order valence-electron chi connectivity index (χ1n) is 9.04. The number of imide groups is 1. The van der Waals surface area contributed by atoms with Gasteiger partial charge < -0.3 is 15.2 Å². The highest BCUT2D eigenvalue weighted by molar-refractivity contribution is 6.21. The molecule has 0 saturated carbocycles. The number of anilines is 1. The van der Waals surface area contributed by atoms with Crippen molar-refractivity contribution in [1.82, 2.24) is 4.90 Å². The molecule has 0 unspecified atom stereocenters. The van der Waals surface area contributed by atoms with Gasteiger partial charge >= 0.3 is 0 Å². The molecule has 3 amide bonds. The van der Waals surface area contributed by atoms with E-state index in [-0.39, 0.29) is 23.3 Å². The molecular weight excluding hydrogens is 360 g/mol. The maximum Gasteiger partial charge on any atom is 0.261 e. The molecule has 0 atom stereocenters. The summed E-state index contributed by atoms with van der Waals surface area (Å²) in [6.07, 6.45) is 2.24. The highest BCUT2D eigenvalue weighted by Gasteiger charge is 2.34. The fourth-order valence-corrected chi connectivity index (χ4v) is 3.09. The van der Waals surface area contributed by atoms with E-state index in [0.29, 0.717) is 49.0 Å². The summed E-state index contributed by atoms with van der Waals surface area (Å²) in [5.41, 5.74) is 1.44. The Labute approximate surface area is 162 Å². The van der Waals surface area contributed by atoms with Crippen molar-refractivity contribution in [2.24, 2.45) is 0 Å². The Balaban J connectivity index is 1.38. The van der Waals surface area contributed by atoms with Gasteiger partial charge in [-0.05, 0) is 42.7 Å². The Morgan fingerprint density at radius 2 is 1.46 bits per heavy atom. The van der Waals surface area contributed by atoms with Crippen LogP contribution in [0, 0.1) is 0 Å². The molecule has 0 fully saturated rings. The SMILES string of the molecule is O=C(CCCCCN1C(=O)c2ccccc2C1=O)Nc1ccc(C(=O)[O-])cc1. The van der Waals surface area contributed by atoms with Gasteiger partial charge in [0, 0.05) is 18.7 Å². The Morgan fingerprint density at radius 3 is 2.04 bits per heavy atom. The topological polar surface area (TPSA) is 107 Å². The fraction of sp³-hybridized carbons (Fsp3) is 0.238. The highest BCUT2D eigenvalue weighted by atomic mass is 16.4. The molecule has 0 spiro atoms. The number of carboxylic acids is 1. The van der Waals surface area contributed by atoms with E-state index < -0.39 is 5.97 Å². The lowest BCUT2D eigenvalue weighted by molar-refractivity contribution is -0.255. The Hall–Kier alpha value is -3.48. The zero-order valence-corrected chi connectivity index (χ0v) is 15.1. The summed E-state index contributed by atoms with van der Waals surface area (Å²) in [4.78, 5) is 48.4. The molecule has 2 aromatic rings. The lowest BCUT2D eigenvalue weighted by Crippen LogP contribution is -2.30. The average Bonchev–Trinajstić information content (AvgIpc) is 2.93. The van der Waals surface area contributed by atoms with Gasteiger partial charge in [0.1, 0.15) is 0 Å². The van der Waals surface area contributed by atoms with E-state index in [2.05, 4.69) is 5.32 Å². The van der Waals surface area contributed by atoms with Crippen molar-refractivity contribution in [3.8, 4) is 0 Å². The van der Waals surface area contributed by atoms with Gasteiger partial charge in [-0.15, -0.1) is 0 Å². The summed E-state index contributed by atoms with van der Waals surface area (Å²) in [6.45, 7) is 0.332. The van der Waals surface area contributed by atoms with Gasteiger partial charge in [0.15, 0.2) is 0 Å². The summed E-state index contributed by atoms with van der Waals surface area (Å²) in [7, 11) is 0. The van der Waals surface area contributed by atoms with Crippen molar-refractivity contribution >= 4 is 29.4 Å². The number of nitrogens with one attached hydrogen (secondary N) is 1. The summed E-state index contributed by atoms with van der Waals surface area (Å²) in [6, 6.07) is 12.5. The number of rotatable bonds is 8. The molecule has 1 aliphatic heterocycles. The first kappa shape index (κ1) is 19.3. The summed E-state index contributed by atoms with van der Waals surface area (Å²) in [5.74, 6) is -1.98. The van der Waals surface area contributed by atoms with Crippen LogP contribution >= 0.6 is 0 Å². The monoisotopic (exact) mass is 379 g/mol. The van der Waals surface area contributed by atoms with Crippen LogP contribution in [0.2, 0.25) is 0 Å². The average molecular weight is 379 g/mol. The minimum atomic E-state index is -1.27. The molecule has 1 heterocycles. The van der Waals surface area contributed by atoms with Crippen molar-refractivity contribution in [2.45, 2.75) is 25.7 Å². The second-order valence-corrected chi connectivity index (χ2v) is 6.53. The quantitative estimate of drug-likeness (QED) is 0.556. The molecule has 144 valence electrons. The normalized spacial score (nSPS) is 12.8. The van der Waals surface area contributed by atoms with Gasteiger partial charge in [-0.25, -0.2) is 0 Å². The Morgan fingerprint density at radius 1 is 0.857 bits per heavy atom. The third-order valence-corrected chi connectivity index (χ3v) is 4.57. The largest absolute Gasteiger partial charge is 0.545 e. The van der Waals surface area contributed by atoms with Crippen LogP contribution < -0.4 is 10.4 Å². The number of hydrogen-bond donors (Lipinski definition) is 1. The minimum Gasteiger partial charge on any atom is -0.545 e. The standard InChI is InChI=1S/C21H20N2O5/c24-18(22-15-11-9-14(10-12-15)21(27)28)8-2-1-5-13-23-19(25)16-6-3-4-7-17(16)20(23)26/h3-4,6-7,9-12H,1-2,5,8,13H2,(H,22,24)(H,27,28)/p-1. The van der Waals surface area contributed by atoms with E-state index in [4.69, 9.17) is 0 Å². The second-order valence-electron chi connectivity index (χ2n) is 6.53. The van der Waals surface area contributed by atoms with E-state index in [1.165, 1.54) is 29.2 Å². The van der Waals surface area contributed by atoms with Gasteiger partial charge in [0.2, 0.25) is 5.91 Å². The molecule has 1 aliphatic rings. The number of benzene rings is 2. The smallest absolute Gasteiger partial charge is 0.261 e. The van der Waals surface area contributed by atoms with Crippen LogP contribution in [0.4, 0.5) is 5.69 Å². The van der Waals surface area contributed by atoms with Crippen molar-refractivity contribution in [1.29, 1.82) is 0 Å². The van der Waals surface area contributed by atoms with Crippen LogP contribution in [0.1, 0.15) is 56.8 Å². The highest BCUT2D eigenvalue weighted by Crippen LogP contribution is 2.22. The lowest BCUT2D eigenvalue weighted by Gasteiger charge is -2.13. The van der Waals surface area contributed by atoms with Crippen LogP contribution in [0.3, 0.4) is 0 Å². The number of nitrogens with zero attached hydrogens (tertiary/aromatic N) is 1. The van der Waals surface area contributed by atoms with Crippen LogP contribution in [0.5, 0.6) is 0 Å². The molecule has 0 aliphatic carbocycles. The molecule has 0 radical (unpaired) electrons. The van der Waals surface area contributed by atoms with Gasteiger partial charge in [0.05, 0.1) is 17.1 Å². The maximum absolute atomic E-state index is 12.2. The fourth-order valence-electron chi connectivity index (χ4n) is 3.09. The van der Waals surface area contributed by atoms with Gasteiger partial charge in [-0.2, -0.15) is 0 Å². The van der Waals surface area contributed by atoms with Gasteiger partial charge in [-0.3, -0.25) is 19.3 Å². The van der Waals surface area contributed by atoms with Crippen LogP contribution in [0.25, 0.3) is 0 Å².